The average molecular weight is 435 g/mol. The standard InChI is InChI=1S/C23H26N6OS/c1-16(2)29-13-18(12-24-29)25-22-21-19(17-6-4-3-5-7-17)15-31-23(21)27-20(26-22)14-28-8-10-30-11-9-28/h3-7,12-13,15-16H,8-11,14H2,1-2H3,(H,25,26,27). The normalized spacial score (nSPS) is 15.1. The summed E-state index contributed by atoms with van der Waals surface area (Å²) in [5, 5.41) is 11.2. The van der Waals surface area contributed by atoms with E-state index in [4.69, 9.17) is 14.7 Å². The van der Waals surface area contributed by atoms with Crippen molar-refractivity contribution in [3.8, 4) is 11.1 Å². The number of hydrogen-bond donors (Lipinski definition) is 1. The lowest BCUT2D eigenvalue weighted by Gasteiger charge is -2.25. The zero-order valence-electron chi connectivity index (χ0n) is 17.8. The minimum absolute atomic E-state index is 0.305. The molecule has 1 N–H and O–H groups in total. The van der Waals surface area contributed by atoms with E-state index < -0.39 is 0 Å². The molecule has 4 aromatic rings. The highest BCUT2D eigenvalue weighted by molar-refractivity contribution is 7.17. The Balaban J connectivity index is 1.56. The van der Waals surface area contributed by atoms with E-state index in [2.05, 4.69) is 58.8 Å². The average Bonchev–Trinajstić information content (AvgIpc) is 3.43. The van der Waals surface area contributed by atoms with Gasteiger partial charge in [0.1, 0.15) is 16.5 Å². The van der Waals surface area contributed by atoms with Crippen LogP contribution in [0.5, 0.6) is 0 Å². The molecule has 5 rings (SSSR count). The molecule has 0 unspecified atom stereocenters. The summed E-state index contributed by atoms with van der Waals surface area (Å²) in [7, 11) is 0. The molecule has 8 heteroatoms. The molecule has 0 atom stereocenters. The Morgan fingerprint density at radius 1 is 1.13 bits per heavy atom. The van der Waals surface area contributed by atoms with Gasteiger partial charge in [-0.15, -0.1) is 11.3 Å². The summed E-state index contributed by atoms with van der Waals surface area (Å²) in [6, 6.07) is 10.7. The van der Waals surface area contributed by atoms with Crippen molar-refractivity contribution in [1.82, 2.24) is 24.6 Å². The fourth-order valence-electron chi connectivity index (χ4n) is 3.76. The number of morpholine rings is 1. The van der Waals surface area contributed by atoms with Crippen LogP contribution in [0.15, 0.2) is 48.1 Å². The first-order valence-electron chi connectivity index (χ1n) is 10.6. The summed E-state index contributed by atoms with van der Waals surface area (Å²) in [4.78, 5) is 13.2. The summed E-state index contributed by atoms with van der Waals surface area (Å²) in [6.07, 6.45) is 3.87. The van der Waals surface area contributed by atoms with Crippen LogP contribution < -0.4 is 5.32 Å². The zero-order valence-corrected chi connectivity index (χ0v) is 18.6. The third kappa shape index (κ3) is 4.32. The van der Waals surface area contributed by atoms with Crippen LogP contribution in [0.3, 0.4) is 0 Å². The molecule has 0 bridgehead atoms. The predicted octanol–water partition coefficient (Wildman–Crippen LogP) is 4.71. The molecule has 0 amide bonds. The van der Waals surface area contributed by atoms with Crippen molar-refractivity contribution < 1.29 is 4.74 Å². The van der Waals surface area contributed by atoms with Crippen molar-refractivity contribution >= 4 is 33.1 Å². The second-order valence-electron chi connectivity index (χ2n) is 8.00. The lowest BCUT2D eigenvalue weighted by atomic mass is 10.1. The maximum Gasteiger partial charge on any atom is 0.146 e. The molecule has 31 heavy (non-hydrogen) atoms. The van der Waals surface area contributed by atoms with Gasteiger partial charge in [-0.05, 0) is 19.4 Å². The van der Waals surface area contributed by atoms with Gasteiger partial charge in [0, 0.05) is 36.3 Å². The second-order valence-corrected chi connectivity index (χ2v) is 8.86. The number of aromatic nitrogens is 4. The first kappa shape index (κ1) is 20.1. The number of nitrogens with zero attached hydrogens (tertiary/aromatic N) is 5. The van der Waals surface area contributed by atoms with E-state index in [0.717, 1.165) is 66.0 Å². The van der Waals surface area contributed by atoms with Gasteiger partial charge in [0.05, 0.1) is 37.0 Å². The Kier molecular flexibility index (Phi) is 5.67. The predicted molar refractivity (Wildman–Crippen MR) is 125 cm³/mol. The number of anilines is 2. The molecule has 1 saturated heterocycles. The van der Waals surface area contributed by atoms with Crippen LogP contribution in [0.25, 0.3) is 21.3 Å². The van der Waals surface area contributed by atoms with Crippen LogP contribution >= 0.6 is 11.3 Å². The molecule has 3 aromatic heterocycles. The lowest BCUT2D eigenvalue weighted by molar-refractivity contribution is 0.0331. The van der Waals surface area contributed by atoms with E-state index in [9.17, 15) is 0 Å². The summed E-state index contributed by atoms with van der Waals surface area (Å²) in [5.41, 5.74) is 3.24. The number of ether oxygens (including phenoxy) is 1. The Labute approximate surface area is 185 Å². The van der Waals surface area contributed by atoms with Crippen molar-refractivity contribution in [2.75, 3.05) is 31.6 Å². The number of fused-ring (bicyclic) bond motifs is 1. The number of benzene rings is 1. The first-order chi connectivity index (χ1) is 15.2. The van der Waals surface area contributed by atoms with Gasteiger partial charge in [0.25, 0.3) is 0 Å². The van der Waals surface area contributed by atoms with Crippen molar-refractivity contribution in [2.45, 2.75) is 26.4 Å². The Morgan fingerprint density at radius 2 is 1.94 bits per heavy atom. The van der Waals surface area contributed by atoms with Crippen LogP contribution in [0.2, 0.25) is 0 Å². The summed E-state index contributed by atoms with van der Waals surface area (Å²) < 4.78 is 7.43. The van der Waals surface area contributed by atoms with Crippen LogP contribution in [0.1, 0.15) is 25.7 Å². The lowest BCUT2D eigenvalue weighted by Crippen LogP contribution is -2.36. The first-order valence-corrected chi connectivity index (χ1v) is 11.5. The fourth-order valence-corrected chi connectivity index (χ4v) is 4.72. The van der Waals surface area contributed by atoms with Gasteiger partial charge in [0.15, 0.2) is 0 Å². The largest absolute Gasteiger partial charge is 0.379 e. The molecule has 7 nitrogen and oxygen atoms in total. The Hall–Kier alpha value is -2.81. The van der Waals surface area contributed by atoms with E-state index in [1.807, 2.05) is 23.1 Å². The van der Waals surface area contributed by atoms with Gasteiger partial charge >= 0.3 is 0 Å². The van der Waals surface area contributed by atoms with E-state index >= 15 is 0 Å². The van der Waals surface area contributed by atoms with Crippen molar-refractivity contribution in [2.24, 2.45) is 0 Å². The van der Waals surface area contributed by atoms with Crippen LogP contribution in [0.4, 0.5) is 11.5 Å². The molecule has 0 saturated carbocycles. The van der Waals surface area contributed by atoms with E-state index in [0.29, 0.717) is 6.04 Å². The third-order valence-electron chi connectivity index (χ3n) is 5.43. The zero-order chi connectivity index (χ0) is 21.2. The van der Waals surface area contributed by atoms with Gasteiger partial charge in [-0.2, -0.15) is 5.10 Å². The number of hydrogen-bond acceptors (Lipinski definition) is 7. The summed E-state index contributed by atoms with van der Waals surface area (Å²) >= 11 is 1.66. The van der Waals surface area contributed by atoms with Crippen molar-refractivity contribution in [1.29, 1.82) is 0 Å². The molecule has 0 radical (unpaired) electrons. The van der Waals surface area contributed by atoms with Crippen molar-refractivity contribution in [3.05, 3.63) is 53.9 Å². The number of thiophene rings is 1. The minimum Gasteiger partial charge on any atom is -0.379 e. The third-order valence-corrected chi connectivity index (χ3v) is 6.30. The van der Waals surface area contributed by atoms with Crippen molar-refractivity contribution in [3.63, 3.8) is 0 Å². The topological polar surface area (TPSA) is 68.1 Å². The number of rotatable bonds is 6. The monoisotopic (exact) mass is 434 g/mol. The Bertz CT molecular complexity index is 1160. The maximum absolute atomic E-state index is 5.48. The van der Waals surface area contributed by atoms with Crippen LogP contribution in [0, 0.1) is 0 Å². The quantitative estimate of drug-likeness (QED) is 0.474. The van der Waals surface area contributed by atoms with E-state index in [-0.39, 0.29) is 0 Å². The number of nitrogens with one attached hydrogen (secondary N) is 1. The molecule has 1 aliphatic rings. The molecule has 4 heterocycles. The second kappa shape index (κ2) is 8.74. The maximum atomic E-state index is 5.48. The molecule has 1 aliphatic heterocycles. The highest BCUT2D eigenvalue weighted by Gasteiger charge is 2.18. The highest BCUT2D eigenvalue weighted by atomic mass is 32.1. The minimum atomic E-state index is 0.305. The fraction of sp³-hybridized carbons (Fsp3) is 0.348. The molecule has 1 fully saturated rings. The van der Waals surface area contributed by atoms with E-state index in [1.165, 1.54) is 5.56 Å². The molecule has 0 aliphatic carbocycles. The van der Waals surface area contributed by atoms with Gasteiger partial charge < -0.3 is 10.1 Å². The van der Waals surface area contributed by atoms with Gasteiger partial charge in [-0.3, -0.25) is 9.58 Å². The highest BCUT2D eigenvalue weighted by Crippen LogP contribution is 2.38. The van der Waals surface area contributed by atoms with Gasteiger partial charge in [-0.25, -0.2) is 9.97 Å². The smallest absolute Gasteiger partial charge is 0.146 e. The van der Waals surface area contributed by atoms with Crippen LogP contribution in [-0.2, 0) is 11.3 Å². The van der Waals surface area contributed by atoms with E-state index in [1.54, 1.807) is 11.3 Å². The molecular weight excluding hydrogens is 408 g/mol. The van der Waals surface area contributed by atoms with Gasteiger partial charge in [-0.1, -0.05) is 30.3 Å². The molecule has 0 spiro atoms. The summed E-state index contributed by atoms with van der Waals surface area (Å²) in [6.45, 7) is 8.30. The van der Waals surface area contributed by atoms with Gasteiger partial charge in [0.2, 0.25) is 0 Å². The molecule has 160 valence electrons. The molecular formula is C23H26N6OS. The van der Waals surface area contributed by atoms with Crippen LogP contribution in [-0.4, -0.2) is 51.0 Å². The summed E-state index contributed by atoms with van der Waals surface area (Å²) in [5.74, 6) is 1.66. The SMILES string of the molecule is CC(C)n1cc(Nc2nc(CN3CCOCC3)nc3scc(-c4ccccc4)c23)cn1. The Morgan fingerprint density at radius 3 is 2.68 bits per heavy atom. The molecule has 1 aromatic carbocycles.